The fraction of sp³-hybridized carbons (Fsp3) is 0.667. The summed E-state index contributed by atoms with van der Waals surface area (Å²) in [5.41, 5.74) is 0. The van der Waals surface area contributed by atoms with E-state index in [1.807, 2.05) is 0 Å². The highest BCUT2D eigenvalue weighted by Crippen LogP contribution is 2.28. The zero-order valence-electron chi connectivity index (χ0n) is 10.7. The molecule has 2 amide bonds. The Bertz CT molecular complexity index is 496. The van der Waals surface area contributed by atoms with Crippen LogP contribution in [-0.4, -0.2) is 58.4 Å². The standard InChI is InChI=1S/C12H15ClN4O2/c1-16-8-6-14-12(13)15-9(8)17(11(19)10(16)18)7-4-2-3-5-7/h7-8H,2-6H2,1H3. The van der Waals surface area contributed by atoms with Gasteiger partial charge in [-0.25, -0.2) is 4.99 Å². The summed E-state index contributed by atoms with van der Waals surface area (Å²) in [6, 6.07) is -0.192. The summed E-state index contributed by atoms with van der Waals surface area (Å²) in [5, 5.41) is 0.157. The average molecular weight is 283 g/mol. The summed E-state index contributed by atoms with van der Waals surface area (Å²) >= 11 is 5.86. The van der Waals surface area contributed by atoms with Crippen LogP contribution < -0.4 is 0 Å². The van der Waals surface area contributed by atoms with Crippen molar-refractivity contribution >= 4 is 34.5 Å². The fourth-order valence-electron chi connectivity index (χ4n) is 2.97. The van der Waals surface area contributed by atoms with Crippen molar-refractivity contribution < 1.29 is 9.59 Å². The van der Waals surface area contributed by atoms with Crippen LogP contribution in [0, 0.1) is 0 Å². The maximum Gasteiger partial charge on any atom is 0.317 e. The molecule has 2 aliphatic heterocycles. The number of rotatable bonds is 1. The molecule has 1 aliphatic carbocycles. The van der Waals surface area contributed by atoms with E-state index in [-0.39, 0.29) is 17.4 Å². The van der Waals surface area contributed by atoms with Crippen molar-refractivity contribution in [2.24, 2.45) is 9.98 Å². The smallest absolute Gasteiger partial charge is 0.317 e. The highest BCUT2D eigenvalue weighted by Gasteiger charge is 2.46. The normalized spacial score (nSPS) is 28.4. The van der Waals surface area contributed by atoms with Crippen LogP contribution in [0.4, 0.5) is 0 Å². The predicted molar refractivity (Wildman–Crippen MR) is 71.3 cm³/mol. The first-order chi connectivity index (χ1) is 9.09. The van der Waals surface area contributed by atoms with Gasteiger partial charge < -0.3 is 4.90 Å². The quantitative estimate of drug-likeness (QED) is 0.522. The summed E-state index contributed by atoms with van der Waals surface area (Å²) in [6.45, 7) is 0.371. The van der Waals surface area contributed by atoms with E-state index in [1.54, 1.807) is 11.9 Å². The Morgan fingerprint density at radius 1 is 1.21 bits per heavy atom. The van der Waals surface area contributed by atoms with Gasteiger partial charge in [-0.15, -0.1) is 0 Å². The second kappa shape index (κ2) is 4.59. The molecule has 2 fully saturated rings. The van der Waals surface area contributed by atoms with Crippen molar-refractivity contribution in [2.45, 2.75) is 37.8 Å². The number of halogens is 1. The van der Waals surface area contributed by atoms with Crippen molar-refractivity contribution in [2.75, 3.05) is 13.6 Å². The van der Waals surface area contributed by atoms with Crippen molar-refractivity contribution in [1.82, 2.24) is 9.80 Å². The number of nitrogens with zero attached hydrogens (tertiary/aromatic N) is 4. The third-order valence-corrected chi connectivity index (χ3v) is 4.23. The van der Waals surface area contributed by atoms with E-state index >= 15 is 0 Å². The molecular formula is C12H15ClN4O2. The second-order valence-electron chi connectivity index (χ2n) is 5.13. The molecule has 2 heterocycles. The second-order valence-corrected chi connectivity index (χ2v) is 5.46. The number of aliphatic imine (C=N–C) groups is 2. The lowest BCUT2D eigenvalue weighted by molar-refractivity contribution is -0.152. The van der Waals surface area contributed by atoms with Crippen molar-refractivity contribution in [3.63, 3.8) is 0 Å². The molecule has 1 atom stereocenters. The van der Waals surface area contributed by atoms with Gasteiger partial charge in [0.05, 0.1) is 6.54 Å². The lowest BCUT2D eigenvalue weighted by Crippen LogP contribution is -2.65. The number of fused-ring (bicyclic) bond motifs is 1. The van der Waals surface area contributed by atoms with Crippen LogP contribution in [0.3, 0.4) is 0 Å². The Morgan fingerprint density at radius 2 is 1.89 bits per heavy atom. The molecule has 3 rings (SSSR count). The molecule has 0 aromatic carbocycles. The first-order valence-corrected chi connectivity index (χ1v) is 6.86. The van der Waals surface area contributed by atoms with E-state index in [0.717, 1.165) is 25.7 Å². The van der Waals surface area contributed by atoms with Crippen LogP contribution >= 0.6 is 11.6 Å². The zero-order chi connectivity index (χ0) is 13.6. The monoisotopic (exact) mass is 282 g/mol. The van der Waals surface area contributed by atoms with E-state index in [9.17, 15) is 9.59 Å². The molecule has 0 bridgehead atoms. The molecule has 7 heteroatoms. The summed E-state index contributed by atoms with van der Waals surface area (Å²) in [4.78, 5) is 35.5. The van der Waals surface area contributed by atoms with Crippen LogP contribution in [0.2, 0.25) is 0 Å². The average Bonchev–Trinajstić information content (AvgIpc) is 2.90. The molecule has 102 valence electrons. The molecule has 0 aromatic rings. The molecule has 0 spiro atoms. The van der Waals surface area contributed by atoms with Gasteiger partial charge in [-0.3, -0.25) is 19.5 Å². The number of hydrogen-bond acceptors (Lipinski definition) is 4. The maximum atomic E-state index is 12.3. The lowest BCUT2D eigenvalue weighted by Gasteiger charge is -2.42. The minimum atomic E-state index is -0.490. The number of carbonyl (C=O) groups excluding carboxylic acids is 2. The van der Waals surface area contributed by atoms with Gasteiger partial charge in [-0.1, -0.05) is 12.8 Å². The minimum Gasteiger partial charge on any atom is -0.325 e. The topological polar surface area (TPSA) is 65.3 Å². The van der Waals surface area contributed by atoms with Gasteiger partial charge >= 0.3 is 11.8 Å². The maximum absolute atomic E-state index is 12.3. The highest BCUT2D eigenvalue weighted by molar-refractivity contribution is 6.66. The summed E-state index contributed by atoms with van der Waals surface area (Å²) in [6.07, 6.45) is 4.00. The molecule has 0 N–H and O–H groups in total. The van der Waals surface area contributed by atoms with Crippen molar-refractivity contribution in [3.8, 4) is 0 Å². The lowest BCUT2D eigenvalue weighted by atomic mass is 10.1. The van der Waals surface area contributed by atoms with Crippen LogP contribution in [0.5, 0.6) is 0 Å². The number of amides is 2. The van der Waals surface area contributed by atoms with E-state index in [1.165, 1.54) is 4.90 Å². The molecule has 1 saturated heterocycles. The van der Waals surface area contributed by atoms with Gasteiger partial charge in [-0.2, -0.15) is 0 Å². The third-order valence-electron chi connectivity index (χ3n) is 4.03. The molecule has 3 aliphatic rings. The fourth-order valence-corrected chi connectivity index (χ4v) is 3.13. The van der Waals surface area contributed by atoms with Crippen LogP contribution in [0.25, 0.3) is 0 Å². The van der Waals surface area contributed by atoms with Gasteiger partial charge in [-0.05, 0) is 24.4 Å². The number of amidine groups is 2. The summed E-state index contributed by atoms with van der Waals surface area (Å²) in [5.74, 6) is -0.390. The van der Waals surface area contributed by atoms with E-state index in [4.69, 9.17) is 11.6 Å². The number of carbonyl (C=O) groups is 2. The van der Waals surface area contributed by atoms with E-state index < -0.39 is 11.8 Å². The Morgan fingerprint density at radius 3 is 2.58 bits per heavy atom. The summed E-state index contributed by atoms with van der Waals surface area (Å²) < 4.78 is 0. The highest BCUT2D eigenvalue weighted by atomic mass is 35.5. The predicted octanol–water partition coefficient (Wildman–Crippen LogP) is 0.605. The van der Waals surface area contributed by atoms with Crippen LogP contribution in [0.15, 0.2) is 9.98 Å². The van der Waals surface area contributed by atoms with Gasteiger partial charge in [0.25, 0.3) is 0 Å². The molecule has 1 saturated carbocycles. The van der Waals surface area contributed by atoms with Gasteiger partial charge in [0, 0.05) is 13.1 Å². The molecular weight excluding hydrogens is 268 g/mol. The Balaban J connectivity index is 2.01. The van der Waals surface area contributed by atoms with Gasteiger partial charge in [0.15, 0.2) is 0 Å². The first kappa shape index (κ1) is 12.6. The van der Waals surface area contributed by atoms with E-state index in [0.29, 0.717) is 12.4 Å². The zero-order valence-corrected chi connectivity index (χ0v) is 11.4. The third kappa shape index (κ3) is 1.94. The molecule has 0 aromatic heterocycles. The van der Waals surface area contributed by atoms with Crippen LogP contribution in [0.1, 0.15) is 25.7 Å². The molecule has 19 heavy (non-hydrogen) atoms. The Hall–Kier alpha value is -1.43. The largest absolute Gasteiger partial charge is 0.325 e. The molecule has 1 unspecified atom stereocenters. The summed E-state index contributed by atoms with van der Waals surface area (Å²) in [7, 11) is 1.61. The minimum absolute atomic E-state index is 0.0777. The first-order valence-electron chi connectivity index (χ1n) is 6.48. The number of likely N-dealkylation sites (N-methyl/N-ethyl adjacent to an activating group) is 1. The number of hydrogen-bond donors (Lipinski definition) is 0. The Kier molecular flexibility index (Phi) is 3.05. The van der Waals surface area contributed by atoms with Gasteiger partial charge in [0.2, 0.25) is 5.29 Å². The number of piperazine rings is 1. The Labute approximate surface area is 116 Å². The van der Waals surface area contributed by atoms with E-state index in [2.05, 4.69) is 9.98 Å². The molecule has 0 radical (unpaired) electrons. The van der Waals surface area contributed by atoms with Crippen molar-refractivity contribution in [1.29, 1.82) is 0 Å². The molecule has 6 nitrogen and oxygen atoms in total. The SMILES string of the molecule is CN1C(=O)C(=O)N(C2CCCC2)C2=NC(Cl)=NCC21. The van der Waals surface area contributed by atoms with Crippen LogP contribution in [-0.2, 0) is 9.59 Å². The van der Waals surface area contributed by atoms with Gasteiger partial charge in [0.1, 0.15) is 11.9 Å². The van der Waals surface area contributed by atoms with Crippen molar-refractivity contribution in [3.05, 3.63) is 0 Å².